The lowest BCUT2D eigenvalue weighted by atomic mass is 9.85. The van der Waals surface area contributed by atoms with E-state index in [1.807, 2.05) is 13.8 Å². The van der Waals surface area contributed by atoms with Crippen molar-refractivity contribution in [2.24, 2.45) is 5.41 Å². The Morgan fingerprint density at radius 1 is 1.52 bits per heavy atom. The number of benzene rings is 1. The SMILES string of the molecule is CC(CC(=O)NC1CCCC1(C)CO)c1ccccc1F. The molecule has 0 heterocycles. The molecule has 1 fully saturated rings. The summed E-state index contributed by atoms with van der Waals surface area (Å²) in [5.41, 5.74) is 0.348. The smallest absolute Gasteiger partial charge is 0.220 e. The Hall–Kier alpha value is -1.42. The lowest BCUT2D eigenvalue weighted by Crippen LogP contribution is -2.45. The Morgan fingerprint density at radius 3 is 2.90 bits per heavy atom. The third-order valence-electron chi connectivity index (χ3n) is 4.71. The second kappa shape index (κ2) is 6.56. The molecule has 0 aromatic heterocycles. The van der Waals surface area contributed by atoms with Crippen molar-refractivity contribution >= 4 is 5.91 Å². The predicted molar refractivity (Wildman–Crippen MR) is 80.4 cm³/mol. The highest BCUT2D eigenvalue weighted by molar-refractivity contribution is 5.77. The lowest BCUT2D eigenvalue weighted by Gasteiger charge is -2.30. The summed E-state index contributed by atoms with van der Waals surface area (Å²) in [5.74, 6) is -0.496. The minimum atomic E-state index is -0.265. The first-order valence-electron chi connectivity index (χ1n) is 7.61. The maximum Gasteiger partial charge on any atom is 0.220 e. The number of halogens is 1. The van der Waals surface area contributed by atoms with Gasteiger partial charge in [-0.15, -0.1) is 0 Å². The number of nitrogens with one attached hydrogen (secondary N) is 1. The fourth-order valence-electron chi connectivity index (χ4n) is 3.18. The molecule has 21 heavy (non-hydrogen) atoms. The van der Waals surface area contributed by atoms with E-state index in [1.54, 1.807) is 18.2 Å². The van der Waals surface area contributed by atoms with Gasteiger partial charge < -0.3 is 10.4 Å². The molecule has 1 saturated carbocycles. The molecule has 3 atom stereocenters. The van der Waals surface area contributed by atoms with Gasteiger partial charge in [0, 0.05) is 17.9 Å². The minimum absolute atomic E-state index is 0.0165. The second-order valence-electron chi connectivity index (χ2n) is 6.45. The Balaban J connectivity index is 1.95. The maximum atomic E-state index is 13.7. The van der Waals surface area contributed by atoms with E-state index in [0.717, 1.165) is 19.3 Å². The zero-order valence-electron chi connectivity index (χ0n) is 12.7. The Bertz CT molecular complexity index is 505. The van der Waals surface area contributed by atoms with Crippen LogP contribution in [0.3, 0.4) is 0 Å². The Labute approximate surface area is 125 Å². The van der Waals surface area contributed by atoms with Gasteiger partial charge in [-0.25, -0.2) is 4.39 Å². The molecular weight excluding hydrogens is 269 g/mol. The quantitative estimate of drug-likeness (QED) is 0.877. The van der Waals surface area contributed by atoms with Crippen LogP contribution >= 0.6 is 0 Å². The topological polar surface area (TPSA) is 49.3 Å². The number of carbonyl (C=O) groups excluding carboxylic acids is 1. The zero-order valence-corrected chi connectivity index (χ0v) is 12.7. The van der Waals surface area contributed by atoms with Crippen LogP contribution in [0.25, 0.3) is 0 Å². The fraction of sp³-hybridized carbons (Fsp3) is 0.588. The van der Waals surface area contributed by atoms with Crippen molar-refractivity contribution in [1.82, 2.24) is 5.32 Å². The highest BCUT2D eigenvalue weighted by Gasteiger charge is 2.39. The Kier molecular flexibility index (Phi) is 4.99. The van der Waals surface area contributed by atoms with Crippen LogP contribution < -0.4 is 5.32 Å². The molecule has 1 aromatic rings. The van der Waals surface area contributed by atoms with Crippen molar-refractivity contribution < 1.29 is 14.3 Å². The summed E-state index contributed by atoms with van der Waals surface area (Å²) >= 11 is 0. The number of hydrogen-bond donors (Lipinski definition) is 2. The van der Waals surface area contributed by atoms with Gasteiger partial charge in [0.1, 0.15) is 5.82 Å². The molecule has 2 N–H and O–H groups in total. The first-order valence-corrected chi connectivity index (χ1v) is 7.61. The molecule has 3 nitrogen and oxygen atoms in total. The molecule has 1 aliphatic carbocycles. The first-order chi connectivity index (χ1) is 9.96. The molecule has 1 aliphatic rings. The molecule has 1 aromatic carbocycles. The van der Waals surface area contributed by atoms with E-state index in [4.69, 9.17) is 0 Å². The van der Waals surface area contributed by atoms with Crippen molar-refractivity contribution in [1.29, 1.82) is 0 Å². The highest BCUT2D eigenvalue weighted by atomic mass is 19.1. The van der Waals surface area contributed by atoms with E-state index in [9.17, 15) is 14.3 Å². The lowest BCUT2D eigenvalue weighted by molar-refractivity contribution is -0.123. The van der Waals surface area contributed by atoms with Crippen molar-refractivity contribution in [2.75, 3.05) is 6.61 Å². The average molecular weight is 293 g/mol. The average Bonchev–Trinajstić information content (AvgIpc) is 2.81. The monoisotopic (exact) mass is 293 g/mol. The molecule has 0 aliphatic heterocycles. The number of aliphatic hydroxyl groups excluding tert-OH is 1. The number of carbonyl (C=O) groups is 1. The summed E-state index contributed by atoms with van der Waals surface area (Å²) in [6.07, 6.45) is 3.11. The van der Waals surface area contributed by atoms with Crippen LogP contribution in [0.15, 0.2) is 24.3 Å². The van der Waals surface area contributed by atoms with Crippen LogP contribution in [-0.2, 0) is 4.79 Å². The molecule has 0 spiro atoms. The van der Waals surface area contributed by atoms with Gasteiger partial charge in [0.2, 0.25) is 5.91 Å². The summed E-state index contributed by atoms with van der Waals surface area (Å²) < 4.78 is 13.7. The van der Waals surface area contributed by atoms with Gasteiger partial charge in [-0.3, -0.25) is 4.79 Å². The Morgan fingerprint density at radius 2 is 2.24 bits per heavy atom. The van der Waals surface area contributed by atoms with Gasteiger partial charge in [0.15, 0.2) is 0 Å². The largest absolute Gasteiger partial charge is 0.396 e. The van der Waals surface area contributed by atoms with Gasteiger partial charge in [-0.05, 0) is 30.4 Å². The molecular formula is C17H24FNO2. The van der Waals surface area contributed by atoms with Gasteiger partial charge >= 0.3 is 0 Å². The minimum Gasteiger partial charge on any atom is -0.396 e. The molecule has 1 amide bonds. The molecule has 2 rings (SSSR count). The van der Waals surface area contributed by atoms with E-state index in [1.165, 1.54) is 6.07 Å². The van der Waals surface area contributed by atoms with Crippen LogP contribution in [0.4, 0.5) is 4.39 Å². The fourth-order valence-corrected chi connectivity index (χ4v) is 3.18. The highest BCUT2D eigenvalue weighted by Crippen LogP contribution is 2.37. The van der Waals surface area contributed by atoms with Gasteiger partial charge in [-0.2, -0.15) is 0 Å². The summed E-state index contributed by atoms with van der Waals surface area (Å²) in [5, 5.41) is 12.5. The van der Waals surface area contributed by atoms with E-state index in [0.29, 0.717) is 5.56 Å². The van der Waals surface area contributed by atoms with Crippen LogP contribution in [0.5, 0.6) is 0 Å². The van der Waals surface area contributed by atoms with E-state index in [-0.39, 0.29) is 42.1 Å². The van der Waals surface area contributed by atoms with Crippen LogP contribution in [-0.4, -0.2) is 23.7 Å². The van der Waals surface area contributed by atoms with Crippen molar-refractivity contribution in [3.05, 3.63) is 35.6 Å². The third-order valence-corrected chi connectivity index (χ3v) is 4.71. The van der Waals surface area contributed by atoms with Gasteiger partial charge in [-0.1, -0.05) is 38.5 Å². The van der Waals surface area contributed by atoms with Crippen LogP contribution in [0, 0.1) is 11.2 Å². The van der Waals surface area contributed by atoms with Crippen molar-refractivity contribution in [3.8, 4) is 0 Å². The molecule has 4 heteroatoms. The molecule has 3 unspecified atom stereocenters. The van der Waals surface area contributed by atoms with E-state index in [2.05, 4.69) is 5.32 Å². The number of rotatable bonds is 5. The van der Waals surface area contributed by atoms with Crippen molar-refractivity contribution in [3.63, 3.8) is 0 Å². The first kappa shape index (κ1) is 16.0. The molecule has 116 valence electrons. The molecule has 0 radical (unpaired) electrons. The zero-order chi connectivity index (χ0) is 15.5. The second-order valence-corrected chi connectivity index (χ2v) is 6.45. The van der Waals surface area contributed by atoms with Gasteiger partial charge in [0.25, 0.3) is 0 Å². The van der Waals surface area contributed by atoms with Crippen LogP contribution in [0.2, 0.25) is 0 Å². The van der Waals surface area contributed by atoms with Crippen LogP contribution in [0.1, 0.15) is 51.0 Å². The molecule has 0 bridgehead atoms. The van der Waals surface area contributed by atoms with Gasteiger partial charge in [0.05, 0.1) is 6.61 Å². The normalized spacial score (nSPS) is 26.6. The van der Waals surface area contributed by atoms with E-state index >= 15 is 0 Å². The summed E-state index contributed by atoms with van der Waals surface area (Å²) in [7, 11) is 0. The van der Waals surface area contributed by atoms with Crippen molar-refractivity contribution in [2.45, 2.75) is 51.5 Å². The third kappa shape index (κ3) is 3.62. The maximum absolute atomic E-state index is 13.7. The standard InChI is InChI=1S/C17H24FNO2/c1-12(13-6-3-4-7-14(13)18)10-16(21)19-15-8-5-9-17(15,2)11-20/h3-4,6-7,12,15,20H,5,8-11H2,1-2H3,(H,19,21). The summed E-state index contributed by atoms with van der Waals surface area (Å²) in [6, 6.07) is 6.59. The predicted octanol–water partition coefficient (Wildman–Crippen LogP) is 2.99. The summed E-state index contributed by atoms with van der Waals surface area (Å²) in [6.45, 7) is 3.95. The number of amides is 1. The number of aliphatic hydroxyl groups is 1. The van der Waals surface area contributed by atoms with E-state index < -0.39 is 0 Å². The number of hydrogen-bond acceptors (Lipinski definition) is 2. The molecule has 0 saturated heterocycles. The summed E-state index contributed by atoms with van der Waals surface area (Å²) in [4.78, 5) is 12.2.